The van der Waals surface area contributed by atoms with Crippen molar-refractivity contribution in [2.75, 3.05) is 19.6 Å². The van der Waals surface area contributed by atoms with E-state index in [-0.39, 0.29) is 11.4 Å². The topological polar surface area (TPSA) is 58.4 Å². The maximum Gasteiger partial charge on any atom is 0.273 e. The molecule has 0 aliphatic heterocycles. The molecule has 1 heterocycles. The summed E-state index contributed by atoms with van der Waals surface area (Å²) in [5, 5.41) is 6.97. The lowest BCUT2D eigenvalue weighted by molar-refractivity contribution is 0.0816. The third kappa shape index (κ3) is 4.09. The highest BCUT2D eigenvalue weighted by molar-refractivity contribution is 5.93. The Balaban J connectivity index is 2.79. The molecule has 0 aliphatic carbocycles. The fourth-order valence-corrected chi connectivity index (χ4v) is 3.15. The van der Waals surface area contributed by atoms with Crippen LogP contribution in [0.4, 0.5) is 0 Å². The van der Waals surface area contributed by atoms with Gasteiger partial charge < -0.3 is 9.84 Å². The van der Waals surface area contributed by atoms with Gasteiger partial charge in [-0.3, -0.25) is 9.69 Å². The van der Waals surface area contributed by atoms with Gasteiger partial charge in [-0.05, 0) is 33.4 Å². The van der Waals surface area contributed by atoms with Crippen molar-refractivity contribution in [3.05, 3.63) is 17.0 Å². The van der Waals surface area contributed by atoms with Crippen molar-refractivity contribution in [1.29, 1.82) is 0 Å². The molecule has 1 aromatic heterocycles. The van der Waals surface area contributed by atoms with Gasteiger partial charge in [0.15, 0.2) is 5.69 Å². The normalized spacial score (nSPS) is 14.1. The molecule has 1 atom stereocenters. The highest BCUT2D eigenvalue weighted by atomic mass is 16.5. The first-order chi connectivity index (χ1) is 10.4. The van der Waals surface area contributed by atoms with E-state index in [1.54, 1.807) is 0 Å². The number of amides is 1. The zero-order valence-electron chi connectivity index (χ0n) is 15.0. The van der Waals surface area contributed by atoms with Crippen LogP contribution in [0.25, 0.3) is 0 Å². The average Bonchev–Trinajstić information content (AvgIpc) is 2.87. The lowest BCUT2D eigenvalue weighted by Crippen LogP contribution is -2.53. The molecule has 1 rings (SSSR count). The zero-order valence-corrected chi connectivity index (χ0v) is 15.0. The maximum absolute atomic E-state index is 12.4. The van der Waals surface area contributed by atoms with Crippen molar-refractivity contribution in [2.45, 2.75) is 66.3 Å². The first kappa shape index (κ1) is 18.7. The van der Waals surface area contributed by atoms with Gasteiger partial charge in [-0.25, -0.2) is 0 Å². The van der Waals surface area contributed by atoms with E-state index >= 15 is 0 Å². The molecule has 0 saturated carbocycles. The highest BCUT2D eigenvalue weighted by Crippen LogP contribution is 2.21. The molecule has 0 spiro atoms. The molecule has 1 unspecified atom stereocenters. The average molecular weight is 309 g/mol. The summed E-state index contributed by atoms with van der Waals surface area (Å²) in [7, 11) is 0. The maximum atomic E-state index is 12.4. The quantitative estimate of drug-likeness (QED) is 0.761. The lowest BCUT2D eigenvalue weighted by Gasteiger charge is -2.40. The Morgan fingerprint density at radius 3 is 2.36 bits per heavy atom. The van der Waals surface area contributed by atoms with Crippen molar-refractivity contribution in [2.24, 2.45) is 0 Å². The van der Waals surface area contributed by atoms with Crippen molar-refractivity contribution in [3.63, 3.8) is 0 Å². The Labute approximate surface area is 134 Å². The molecule has 1 amide bonds. The van der Waals surface area contributed by atoms with E-state index in [0.29, 0.717) is 12.2 Å². The van der Waals surface area contributed by atoms with Crippen LogP contribution in [0.15, 0.2) is 4.52 Å². The molecule has 126 valence electrons. The van der Waals surface area contributed by atoms with Crippen LogP contribution in [0, 0.1) is 6.92 Å². The SMILES string of the molecule is CCCC(C)(CNC(=O)c1noc(CC)c1C)N(CC)CC. The van der Waals surface area contributed by atoms with Crippen LogP contribution in [0.1, 0.15) is 69.3 Å². The molecular formula is C17H31N3O2. The minimum absolute atomic E-state index is 0.0286. The molecule has 5 heteroatoms. The van der Waals surface area contributed by atoms with Gasteiger partial charge in [-0.1, -0.05) is 39.3 Å². The number of aromatic nitrogens is 1. The number of carbonyl (C=O) groups is 1. The Morgan fingerprint density at radius 1 is 1.27 bits per heavy atom. The van der Waals surface area contributed by atoms with Crippen LogP contribution in [0.3, 0.4) is 0 Å². The van der Waals surface area contributed by atoms with Crippen LogP contribution < -0.4 is 5.32 Å². The van der Waals surface area contributed by atoms with Gasteiger partial charge in [0.25, 0.3) is 5.91 Å². The molecule has 0 fully saturated rings. The molecule has 1 aromatic rings. The minimum Gasteiger partial charge on any atom is -0.360 e. The third-order valence-electron chi connectivity index (χ3n) is 4.50. The van der Waals surface area contributed by atoms with Crippen molar-refractivity contribution in [3.8, 4) is 0 Å². The number of carbonyl (C=O) groups excluding carboxylic acids is 1. The predicted molar refractivity (Wildman–Crippen MR) is 89.2 cm³/mol. The van der Waals surface area contributed by atoms with Gasteiger partial charge in [-0.15, -0.1) is 0 Å². The summed E-state index contributed by atoms with van der Waals surface area (Å²) in [6.07, 6.45) is 2.89. The summed E-state index contributed by atoms with van der Waals surface area (Å²) in [4.78, 5) is 14.8. The van der Waals surface area contributed by atoms with Crippen molar-refractivity contribution >= 4 is 5.91 Å². The van der Waals surface area contributed by atoms with E-state index in [9.17, 15) is 4.79 Å². The number of hydrogen-bond acceptors (Lipinski definition) is 4. The number of nitrogens with zero attached hydrogens (tertiary/aromatic N) is 2. The summed E-state index contributed by atoms with van der Waals surface area (Å²) < 4.78 is 5.21. The van der Waals surface area contributed by atoms with Crippen LogP contribution in [0.2, 0.25) is 0 Å². The van der Waals surface area contributed by atoms with Crippen LogP contribution >= 0.6 is 0 Å². The first-order valence-electron chi connectivity index (χ1n) is 8.41. The summed E-state index contributed by atoms with van der Waals surface area (Å²) in [6.45, 7) is 15.2. The van der Waals surface area contributed by atoms with Gasteiger partial charge >= 0.3 is 0 Å². The van der Waals surface area contributed by atoms with E-state index in [2.05, 4.69) is 43.1 Å². The molecule has 1 N–H and O–H groups in total. The van der Waals surface area contributed by atoms with Crippen LogP contribution in [-0.4, -0.2) is 41.1 Å². The highest BCUT2D eigenvalue weighted by Gasteiger charge is 2.30. The molecule has 0 saturated heterocycles. The lowest BCUT2D eigenvalue weighted by atomic mass is 9.93. The second-order valence-corrected chi connectivity index (χ2v) is 6.03. The molecule has 0 radical (unpaired) electrons. The largest absolute Gasteiger partial charge is 0.360 e. The number of likely N-dealkylation sites (N-methyl/N-ethyl adjacent to an activating group) is 1. The Kier molecular flexibility index (Phi) is 7.07. The van der Waals surface area contributed by atoms with E-state index in [4.69, 9.17) is 4.52 Å². The molecule has 0 bridgehead atoms. The number of nitrogens with one attached hydrogen (secondary N) is 1. The number of hydrogen-bond donors (Lipinski definition) is 1. The van der Waals surface area contributed by atoms with Gasteiger partial charge in [0, 0.05) is 24.1 Å². The fourth-order valence-electron chi connectivity index (χ4n) is 3.15. The standard InChI is InChI=1S/C17H31N3O2/c1-7-11-17(6,20(9-3)10-4)12-18-16(21)15-13(5)14(8-2)22-19-15/h7-12H2,1-6H3,(H,18,21). The van der Waals surface area contributed by atoms with E-state index in [1.165, 1.54) is 0 Å². The Morgan fingerprint density at radius 2 is 1.91 bits per heavy atom. The number of aryl methyl sites for hydroxylation is 1. The van der Waals surface area contributed by atoms with Crippen LogP contribution in [-0.2, 0) is 6.42 Å². The van der Waals surface area contributed by atoms with Crippen molar-refractivity contribution in [1.82, 2.24) is 15.4 Å². The molecular weight excluding hydrogens is 278 g/mol. The summed E-state index contributed by atoms with van der Waals surface area (Å²) in [6, 6.07) is 0. The monoisotopic (exact) mass is 309 g/mol. The second kappa shape index (κ2) is 8.32. The smallest absolute Gasteiger partial charge is 0.273 e. The predicted octanol–water partition coefficient (Wildman–Crippen LogP) is 3.18. The zero-order chi connectivity index (χ0) is 16.8. The second-order valence-electron chi connectivity index (χ2n) is 6.03. The van der Waals surface area contributed by atoms with E-state index in [0.717, 1.165) is 43.7 Å². The minimum atomic E-state index is -0.143. The molecule has 5 nitrogen and oxygen atoms in total. The summed E-state index contributed by atoms with van der Waals surface area (Å²) in [5.41, 5.74) is 1.23. The number of rotatable bonds is 9. The molecule has 0 aliphatic rings. The third-order valence-corrected chi connectivity index (χ3v) is 4.50. The van der Waals surface area contributed by atoms with Gasteiger partial charge in [0.05, 0.1) is 0 Å². The van der Waals surface area contributed by atoms with Gasteiger partial charge in [-0.2, -0.15) is 0 Å². The molecule has 22 heavy (non-hydrogen) atoms. The first-order valence-corrected chi connectivity index (χ1v) is 8.41. The van der Waals surface area contributed by atoms with E-state index in [1.807, 2.05) is 13.8 Å². The van der Waals surface area contributed by atoms with Gasteiger partial charge in [0.2, 0.25) is 0 Å². The van der Waals surface area contributed by atoms with Gasteiger partial charge in [0.1, 0.15) is 5.76 Å². The van der Waals surface area contributed by atoms with E-state index < -0.39 is 0 Å². The summed E-state index contributed by atoms with van der Waals surface area (Å²) >= 11 is 0. The Hall–Kier alpha value is -1.36. The Bertz CT molecular complexity index is 480. The van der Waals surface area contributed by atoms with Crippen LogP contribution in [0.5, 0.6) is 0 Å². The van der Waals surface area contributed by atoms with Crippen molar-refractivity contribution < 1.29 is 9.32 Å². The molecule has 0 aromatic carbocycles. The summed E-state index contributed by atoms with van der Waals surface area (Å²) in [5.74, 6) is 0.639. The fraction of sp³-hybridized carbons (Fsp3) is 0.765.